The smallest absolute Gasteiger partial charge is 0.244 e. The Kier molecular flexibility index (Phi) is 8.66. The predicted octanol–water partition coefficient (Wildman–Crippen LogP) is 9.01. The van der Waals surface area contributed by atoms with Gasteiger partial charge in [-0.25, -0.2) is 9.97 Å². The van der Waals surface area contributed by atoms with Crippen molar-refractivity contribution in [2.24, 2.45) is 0 Å². The van der Waals surface area contributed by atoms with Gasteiger partial charge in [0.05, 0.1) is 15.9 Å². The lowest BCUT2D eigenvalue weighted by molar-refractivity contribution is -0.115. The molecule has 0 unspecified atom stereocenters. The van der Waals surface area contributed by atoms with Crippen molar-refractivity contribution in [3.8, 4) is 11.3 Å². The van der Waals surface area contributed by atoms with Gasteiger partial charge in [0.15, 0.2) is 9.47 Å². The van der Waals surface area contributed by atoms with Crippen LogP contribution in [-0.4, -0.2) is 15.9 Å². The maximum Gasteiger partial charge on any atom is 0.244 e. The molecule has 37 heavy (non-hydrogen) atoms. The number of fused-ring (bicyclic) bond motifs is 1. The summed E-state index contributed by atoms with van der Waals surface area (Å²) in [6.45, 7) is 2.24. The number of benzene rings is 3. The number of para-hydroxylation sites is 1. The molecule has 0 saturated heterocycles. The highest BCUT2D eigenvalue weighted by Crippen LogP contribution is 2.40. The molecule has 0 radical (unpaired) electrons. The van der Waals surface area contributed by atoms with E-state index in [4.69, 9.17) is 9.97 Å². The lowest BCUT2D eigenvalue weighted by atomic mass is 10.0. The maximum absolute atomic E-state index is 13.5. The van der Waals surface area contributed by atoms with E-state index in [9.17, 15) is 4.79 Å². The molecule has 0 aliphatic rings. The van der Waals surface area contributed by atoms with Gasteiger partial charge in [0.1, 0.15) is 5.25 Å². The van der Waals surface area contributed by atoms with E-state index in [1.54, 1.807) is 11.3 Å². The molecule has 0 bridgehead atoms. The first-order valence-corrected chi connectivity index (χ1v) is 15.2. The van der Waals surface area contributed by atoms with Gasteiger partial charge in [0.2, 0.25) is 5.91 Å². The van der Waals surface area contributed by atoms with Gasteiger partial charge in [-0.3, -0.25) is 4.79 Å². The molecule has 1 amide bonds. The number of thiazole rings is 2. The van der Waals surface area contributed by atoms with Crippen LogP contribution in [0.3, 0.4) is 0 Å². The third-order valence-corrected chi connectivity index (χ3v) is 9.28. The van der Waals surface area contributed by atoms with Crippen LogP contribution in [0.4, 0.5) is 5.13 Å². The SMILES string of the molecule is CCCCCCc1ccc(-c2csc(NC(=O)[C@H](Sc3nc4ccccc4s3)c3ccccc3)n2)cc1. The summed E-state index contributed by atoms with van der Waals surface area (Å²) < 4.78 is 1.99. The minimum Gasteiger partial charge on any atom is -0.301 e. The van der Waals surface area contributed by atoms with E-state index in [2.05, 4.69) is 42.6 Å². The van der Waals surface area contributed by atoms with Crippen LogP contribution in [0.15, 0.2) is 88.6 Å². The standard InChI is InChI=1S/C30H29N3OS3/c1-2-3-4-6-11-21-16-18-22(19-17-21)25-20-35-29(31-25)33-28(34)27(23-12-7-5-8-13-23)37-30-32-24-14-9-10-15-26(24)36-30/h5,7-10,12-20,27H,2-4,6,11H2,1H3,(H,31,33,34)/t27-/m1/s1. The number of thioether (sulfide) groups is 1. The van der Waals surface area contributed by atoms with E-state index < -0.39 is 5.25 Å². The average molecular weight is 544 g/mol. The fraction of sp³-hybridized carbons (Fsp3) is 0.233. The van der Waals surface area contributed by atoms with Crippen LogP contribution in [0.5, 0.6) is 0 Å². The van der Waals surface area contributed by atoms with Gasteiger partial charge in [0, 0.05) is 10.9 Å². The second-order valence-electron chi connectivity index (χ2n) is 8.89. The molecule has 5 aromatic rings. The second-order valence-corrected chi connectivity index (χ2v) is 12.1. The molecule has 0 fully saturated rings. The average Bonchev–Trinajstić information content (AvgIpc) is 3.57. The zero-order chi connectivity index (χ0) is 25.5. The molecule has 188 valence electrons. The van der Waals surface area contributed by atoms with Gasteiger partial charge in [-0.05, 0) is 36.1 Å². The largest absolute Gasteiger partial charge is 0.301 e. The Morgan fingerprint density at radius 1 is 0.919 bits per heavy atom. The predicted molar refractivity (Wildman–Crippen MR) is 159 cm³/mol. The van der Waals surface area contributed by atoms with Gasteiger partial charge in [-0.2, -0.15) is 0 Å². The monoisotopic (exact) mass is 543 g/mol. The molecule has 0 aliphatic carbocycles. The summed E-state index contributed by atoms with van der Waals surface area (Å²) in [6.07, 6.45) is 6.20. The fourth-order valence-corrected chi connectivity index (χ4v) is 7.12. The Morgan fingerprint density at radius 2 is 1.70 bits per heavy atom. The lowest BCUT2D eigenvalue weighted by Gasteiger charge is -2.14. The van der Waals surface area contributed by atoms with Crippen LogP contribution in [0.2, 0.25) is 0 Å². The van der Waals surface area contributed by atoms with E-state index in [-0.39, 0.29) is 5.91 Å². The van der Waals surface area contributed by atoms with E-state index in [0.717, 1.165) is 37.8 Å². The van der Waals surface area contributed by atoms with E-state index >= 15 is 0 Å². The van der Waals surface area contributed by atoms with Gasteiger partial charge in [-0.15, -0.1) is 22.7 Å². The Morgan fingerprint density at radius 3 is 2.49 bits per heavy atom. The molecular weight excluding hydrogens is 515 g/mol. The highest BCUT2D eigenvalue weighted by atomic mass is 32.2. The molecule has 0 saturated carbocycles. The number of rotatable bonds is 11. The van der Waals surface area contributed by atoms with E-state index in [0.29, 0.717) is 5.13 Å². The second kappa shape index (κ2) is 12.5. The minimum atomic E-state index is -0.430. The maximum atomic E-state index is 13.5. The van der Waals surface area contributed by atoms with Gasteiger partial charge in [0.25, 0.3) is 0 Å². The van der Waals surface area contributed by atoms with Crippen molar-refractivity contribution in [3.63, 3.8) is 0 Å². The van der Waals surface area contributed by atoms with Crippen molar-refractivity contribution in [3.05, 3.63) is 95.4 Å². The molecule has 1 atom stereocenters. The highest BCUT2D eigenvalue weighted by Gasteiger charge is 2.25. The van der Waals surface area contributed by atoms with Gasteiger partial charge >= 0.3 is 0 Å². The molecule has 0 aliphatic heterocycles. The number of aryl methyl sites for hydroxylation is 1. The molecular formula is C30H29N3OS3. The molecule has 4 nitrogen and oxygen atoms in total. The summed E-state index contributed by atoms with van der Waals surface area (Å²) in [4.78, 5) is 22.9. The third-order valence-electron chi connectivity index (χ3n) is 6.14. The number of unbranched alkanes of at least 4 members (excludes halogenated alkanes) is 3. The van der Waals surface area contributed by atoms with Crippen LogP contribution in [0.1, 0.15) is 49.0 Å². The number of carbonyl (C=O) groups is 1. The number of aromatic nitrogens is 2. The number of nitrogens with one attached hydrogen (secondary N) is 1. The third kappa shape index (κ3) is 6.66. The van der Waals surface area contributed by atoms with Crippen molar-refractivity contribution in [1.29, 1.82) is 0 Å². The normalized spacial score (nSPS) is 12.0. The molecule has 3 aromatic carbocycles. The Balaban J connectivity index is 1.28. The Labute approximate surface area is 230 Å². The van der Waals surface area contributed by atoms with Crippen molar-refractivity contribution < 1.29 is 4.79 Å². The first-order chi connectivity index (χ1) is 18.2. The van der Waals surface area contributed by atoms with Crippen LogP contribution in [0, 0.1) is 0 Å². The Hall–Kier alpha value is -3.00. The highest BCUT2D eigenvalue weighted by molar-refractivity contribution is 8.02. The molecule has 1 N–H and O–H groups in total. The van der Waals surface area contributed by atoms with Crippen molar-refractivity contribution in [1.82, 2.24) is 9.97 Å². The van der Waals surface area contributed by atoms with E-state index in [1.165, 1.54) is 54.3 Å². The topological polar surface area (TPSA) is 54.9 Å². The van der Waals surface area contributed by atoms with Gasteiger partial charge in [-0.1, -0.05) is 105 Å². The molecule has 7 heteroatoms. The summed E-state index contributed by atoms with van der Waals surface area (Å²) in [6, 6.07) is 26.6. The summed E-state index contributed by atoms with van der Waals surface area (Å²) in [5.74, 6) is -0.0983. The zero-order valence-corrected chi connectivity index (χ0v) is 23.2. The van der Waals surface area contributed by atoms with Gasteiger partial charge < -0.3 is 5.32 Å². The Bertz CT molecular complexity index is 1410. The first-order valence-electron chi connectivity index (χ1n) is 12.6. The molecule has 2 aromatic heterocycles. The summed E-state index contributed by atoms with van der Waals surface area (Å²) in [7, 11) is 0. The number of hydrogen-bond acceptors (Lipinski definition) is 6. The number of carbonyl (C=O) groups excluding carboxylic acids is 1. The van der Waals surface area contributed by atoms with Crippen molar-refractivity contribution in [2.45, 2.75) is 48.6 Å². The quantitative estimate of drug-likeness (QED) is 0.133. The number of amides is 1. The lowest BCUT2D eigenvalue weighted by Crippen LogP contribution is -2.18. The molecule has 5 rings (SSSR count). The first kappa shape index (κ1) is 25.6. The van der Waals surface area contributed by atoms with Crippen LogP contribution in [-0.2, 0) is 11.2 Å². The number of nitrogens with zero attached hydrogens (tertiary/aromatic N) is 2. The minimum absolute atomic E-state index is 0.0983. The van der Waals surface area contributed by atoms with Crippen LogP contribution >= 0.6 is 34.4 Å². The summed E-state index contributed by atoms with van der Waals surface area (Å²) >= 11 is 4.55. The number of anilines is 1. The summed E-state index contributed by atoms with van der Waals surface area (Å²) in [5.41, 5.74) is 5.21. The van der Waals surface area contributed by atoms with E-state index in [1.807, 2.05) is 53.9 Å². The van der Waals surface area contributed by atoms with Crippen molar-refractivity contribution >= 4 is 55.7 Å². The molecule has 0 spiro atoms. The zero-order valence-electron chi connectivity index (χ0n) is 20.7. The van der Waals surface area contributed by atoms with Crippen molar-refractivity contribution in [2.75, 3.05) is 5.32 Å². The molecule has 2 heterocycles. The van der Waals surface area contributed by atoms with Crippen LogP contribution in [0.25, 0.3) is 21.5 Å². The fourth-order valence-electron chi connectivity index (χ4n) is 4.14. The van der Waals surface area contributed by atoms with Crippen LogP contribution < -0.4 is 5.32 Å². The number of hydrogen-bond donors (Lipinski definition) is 1. The summed E-state index contributed by atoms with van der Waals surface area (Å²) in [5, 5.41) is 5.24.